The molecule has 4 heteroatoms. The molecule has 0 bridgehead atoms. The molecule has 1 aliphatic heterocycles. The van der Waals surface area contributed by atoms with Gasteiger partial charge in [0.25, 0.3) is 0 Å². The molecule has 1 aromatic carbocycles. The highest BCUT2D eigenvalue weighted by Gasteiger charge is 2.25. The van der Waals surface area contributed by atoms with Crippen molar-refractivity contribution < 1.29 is 4.79 Å². The fraction of sp³-hybridized carbons (Fsp3) is 0.588. The summed E-state index contributed by atoms with van der Waals surface area (Å²) in [4.78, 5) is 14.1. The van der Waals surface area contributed by atoms with Crippen LogP contribution in [0.25, 0.3) is 0 Å². The first-order valence-electron chi connectivity index (χ1n) is 8.11. The van der Waals surface area contributed by atoms with Crippen molar-refractivity contribution in [1.82, 2.24) is 15.5 Å². The molecule has 3 rings (SSSR count). The lowest BCUT2D eigenvalue weighted by molar-refractivity contribution is 0.176. The van der Waals surface area contributed by atoms with Crippen molar-refractivity contribution >= 4 is 6.03 Å². The summed E-state index contributed by atoms with van der Waals surface area (Å²) in [5.74, 6) is 0.928. The summed E-state index contributed by atoms with van der Waals surface area (Å²) in [7, 11) is 0. The molecule has 114 valence electrons. The second-order valence-electron chi connectivity index (χ2n) is 6.26. The largest absolute Gasteiger partial charge is 0.334 e. The molecular weight excluding hydrogens is 262 g/mol. The molecule has 1 aliphatic carbocycles. The van der Waals surface area contributed by atoms with Crippen LogP contribution in [0.15, 0.2) is 30.3 Å². The molecule has 1 aromatic rings. The lowest BCUT2D eigenvalue weighted by atomic mass is 10.1. The van der Waals surface area contributed by atoms with Crippen LogP contribution in [0.2, 0.25) is 0 Å². The number of carbonyl (C=O) groups is 1. The Morgan fingerprint density at radius 3 is 2.48 bits per heavy atom. The van der Waals surface area contributed by atoms with E-state index in [9.17, 15) is 4.79 Å². The van der Waals surface area contributed by atoms with Crippen LogP contribution in [0.3, 0.4) is 0 Å². The molecule has 0 aromatic heterocycles. The van der Waals surface area contributed by atoms with E-state index >= 15 is 0 Å². The maximum absolute atomic E-state index is 12.1. The number of hydrogen-bond acceptors (Lipinski definition) is 2. The predicted molar refractivity (Wildman–Crippen MR) is 84.0 cm³/mol. The van der Waals surface area contributed by atoms with E-state index in [0.717, 1.165) is 37.4 Å². The van der Waals surface area contributed by atoms with Crippen molar-refractivity contribution in [1.29, 1.82) is 0 Å². The SMILES string of the molecule is O=C(NCc1ccccc1)N1CCC(NCC2CC2)CC1. The van der Waals surface area contributed by atoms with E-state index in [1.165, 1.54) is 19.4 Å². The van der Waals surface area contributed by atoms with Gasteiger partial charge in [-0.05, 0) is 43.7 Å². The second-order valence-corrected chi connectivity index (χ2v) is 6.26. The Hall–Kier alpha value is -1.55. The monoisotopic (exact) mass is 287 g/mol. The highest BCUT2D eigenvalue weighted by molar-refractivity contribution is 5.74. The van der Waals surface area contributed by atoms with Crippen molar-refractivity contribution in [3.05, 3.63) is 35.9 Å². The minimum atomic E-state index is 0.0690. The summed E-state index contributed by atoms with van der Waals surface area (Å²) < 4.78 is 0. The number of hydrogen-bond donors (Lipinski definition) is 2. The second kappa shape index (κ2) is 6.94. The highest BCUT2D eigenvalue weighted by Crippen LogP contribution is 2.28. The molecule has 2 fully saturated rings. The summed E-state index contributed by atoms with van der Waals surface area (Å²) in [6, 6.07) is 10.7. The highest BCUT2D eigenvalue weighted by atomic mass is 16.2. The molecule has 4 nitrogen and oxygen atoms in total. The van der Waals surface area contributed by atoms with Gasteiger partial charge >= 0.3 is 6.03 Å². The number of rotatable bonds is 5. The van der Waals surface area contributed by atoms with Crippen LogP contribution in [0, 0.1) is 5.92 Å². The third kappa shape index (κ3) is 4.46. The Bertz CT molecular complexity index is 450. The molecule has 0 unspecified atom stereocenters. The molecule has 1 saturated heterocycles. The summed E-state index contributed by atoms with van der Waals surface area (Å²) in [6.45, 7) is 3.51. The summed E-state index contributed by atoms with van der Waals surface area (Å²) in [5, 5.41) is 6.65. The normalized spacial score (nSPS) is 19.5. The Labute approximate surface area is 126 Å². The Kier molecular flexibility index (Phi) is 4.76. The van der Waals surface area contributed by atoms with Crippen LogP contribution in [-0.2, 0) is 6.54 Å². The lowest BCUT2D eigenvalue weighted by Gasteiger charge is -2.32. The summed E-state index contributed by atoms with van der Waals surface area (Å²) in [5.41, 5.74) is 1.15. The summed E-state index contributed by atoms with van der Waals surface area (Å²) in [6.07, 6.45) is 4.94. The van der Waals surface area contributed by atoms with Crippen LogP contribution < -0.4 is 10.6 Å². The Morgan fingerprint density at radius 2 is 1.81 bits per heavy atom. The smallest absolute Gasteiger partial charge is 0.317 e. The molecule has 2 amide bonds. The van der Waals surface area contributed by atoms with Crippen molar-refractivity contribution in [3.63, 3.8) is 0 Å². The van der Waals surface area contributed by atoms with Gasteiger partial charge in [0.1, 0.15) is 0 Å². The van der Waals surface area contributed by atoms with Gasteiger partial charge < -0.3 is 15.5 Å². The molecule has 1 heterocycles. The van der Waals surface area contributed by atoms with Gasteiger partial charge in [-0.2, -0.15) is 0 Å². The molecule has 2 aliphatic rings. The van der Waals surface area contributed by atoms with Gasteiger partial charge in [0.15, 0.2) is 0 Å². The third-order valence-corrected chi connectivity index (χ3v) is 4.46. The predicted octanol–water partition coefficient (Wildman–Crippen LogP) is 2.36. The van der Waals surface area contributed by atoms with Crippen molar-refractivity contribution in [3.8, 4) is 0 Å². The number of benzene rings is 1. The number of likely N-dealkylation sites (tertiary alicyclic amines) is 1. The first-order valence-corrected chi connectivity index (χ1v) is 8.11. The van der Waals surface area contributed by atoms with Crippen LogP contribution in [-0.4, -0.2) is 36.6 Å². The third-order valence-electron chi connectivity index (χ3n) is 4.46. The van der Waals surface area contributed by atoms with E-state index in [1.807, 2.05) is 35.2 Å². The zero-order valence-corrected chi connectivity index (χ0v) is 12.6. The van der Waals surface area contributed by atoms with Gasteiger partial charge in [0, 0.05) is 25.7 Å². The van der Waals surface area contributed by atoms with E-state index in [1.54, 1.807) is 0 Å². The van der Waals surface area contributed by atoms with Gasteiger partial charge in [-0.25, -0.2) is 4.79 Å². The zero-order chi connectivity index (χ0) is 14.5. The molecule has 1 saturated carbocycles. The Balaban J connectivity index is 1.36. The minimum absolute atomic E-state index is 0.0690. The molecular formula is C17H25N3O. The molecule has 0 radical (unpaired) electrons. The zero-order valence-electron chi connectivity index (χ0n) is 12.6. The number of piperidine rings is 1. The fourth-order valence-electron chi connectivity index (χ4n) is 2.83. The van der Waals surface area contributed by atoms with Gasteiger partial charge in [0.2, 0.25) is 0 Å². The standard InChI is InChI=1S/C17H25N3O/c21-17(19-13-14-4-2-1-3-5-14)20-10-8-16(9-11-20)18-12-15-6-7-15/h1-5,15-16,18H,6-13H2,(H,19,21). The number of amides is 2. The lowest BCUT2D eigenvalue weighted by Crippen LogP contribution is -2.48. The quantitative estimate of drug-likeness (QED) is 0.873. The van der Waals surface area contributed by atoms with Crippen LogP contribution in [0.1, 0.15) is 31.2 Å². The first kappa shape index (κ1) is 14.4. The topological polar surface area (TPSA) is 44.4 Å². The van der Waals surface area contributed by atoms with E-state index in [2.05, 4.69) is 10.6 Å². The minimum Gasteiger partial charge on any atom is -0.334 e. The van der Waals surface area contributed by atoms with Crippen LogP contribution in [0.5, 0.6) is 0 Å². The van der Waals surface area contributed by atoms with Crippen molar-refractivity contribution in [2.24, 2.45) is 5.92 Å². The van der Waals surface area contributed by atoms with E-state index in [0.29, 0.717) is 12.6 Å². The maximum atomic E-state index is 12.1. The van der Waals surface area contributed by atoms with Gasteiger partial charge in [-0.1, -0.05) is 30.3 Å². The molecule has 2 N–H and O–H groups in total. The average Bonchev–Trinajstić information content (AvgIpc) is 3.36. The van der Waals surface area contributed by atoms with Gasteiger partial charge in [0.05, 0.1) is 0 Å². The summed E-state index contributed by atoms with van der Waals surface area (Å²) >= 11 is 0. The van der Waals surface area contributed by atoms with Gasteiger partial charge in [-0.3, -0.25) is 0 Å². The first-order chi connectivity index (χ1) is 10.3. The van der Waals surface area contributed by atoms with Crippen molar-refractivity contribution in [2.75, 3.05) is 19.6 Å². The number of carbonyl (C=O) groups excluding carboxylic acids is 1. The van der Waals surface area contributed by atoms with Crippen LogP contribution >= 0.6 is 0 Å². The number of nitrogens with one attached hydrogen (secondary N) is 2. The van der Waals surface area contributed by atoms with Gasteiger partial charge in [-0.15, -0.1) is 0 Å². The van der Waals surface area contributed by atoms with E-state index < -0.39 is 0 Å². The molecule has 21 heavy (non-hydrogen) atoms. The van der Waals surface area contributed by atoms with E-state index in [4.69, 9.17) is 0 Å². The van der Waals surface area contributed by atoms with E-state index in [-0.39, 0.29) is 6.03 Å². The Morgan fingerprint density at radius 1 is 1.10 bits per heavy atom. The fourth-order valence-corrected chi connectivity index (χ4v) is 2.83. The average molecular weight is 287 g/mol. The number of urea groups is 1. The van der Waals surface area contributed by atoms with Crippen molar-refractivity contribution in [2.45, 2.75) is 38.3 Å². The number of nitrogens with zero attached hydrogens (tertiary/aromatic N) is 1. The maximum Gasteiger partial charge on any atom is 0.317 e. The molecule has 0 atom stereocenters. The molecule has 0 spiro atoms. The van der Waals surface area contributed by atoms with Crippen LogP contribution in [0.4, 0.5) is 4.79 Å².